The molecule has 1 fully saturated rings. The van der Waals surface area contributed by atoms with Crippen LogP contribution in [-0.4, -0.2) is 48.3 Å². The lowest BCUT2D eigenvalue weighted by Gasteiger charge is -2.25. The molecular formula is C16H17ClN2O3S2. The average Bonchev–Trinajstić information content (AvgIpc) is 3.15. The van der Waals surface area contributed by atoms with E-state index in [0.717, 1.165) is 10.6 Å². The molecule has 2 heterocycles. The highest BCUT2D eigenvalue weighted by atomic mass is 35.5. The molecule has 24 heavy (non-hydrogen) atoms. The molecule has 0 bridgehead atoms. The second-order valence-corrected chi connectivity index (χ2v) is 9.22. The van der Waals surface area contributed by atoms with Crippen LogP contribution in [-0.2, 0) is 9.84 Å². The van der Waals surface area contributed by atoms with Gasteiger partial charge in [0.05, 0.1) is 11.5 Å². The molecule has 0 radical (unpaired) electrons. The Labute approximate surface area is 150 Å². The van der Waals surface area contributed by atoms with Gasteiger partial charge >= 0.3 is 0 Å². The molecule has 2 aromatic rings. The van der Waals surface area contributed by atoms with Crippen molar-refractivity contribution in [2.75, 3.05) is 18.1 Å². The van der Waals surface area contributed by atoms with Gasteiger partial charge in [0.15, 0.2) is 9.84 Å². The van der Waals surface area contributed by atoms with E-state index in [1.54, 1.807) is 22.4 Å². The Balaban J connectivity index is 1.82. The zero-order valence-corrected chi connectivity index (χ0v) is 15.5. The Morgan fingerprint density at radius 3 is 2.88 bits per heavy atom. The topological polar surface area (TPSA) is 67.3 Å². The zero-order valence-electron chi connectivity index (χ0n) is 13.1. The summed E-state index contributed by atoms with van der Waals surface area (Å²) in [5, 5.41) is 3.04. The number of aromatic nitrogens is 1. The Hall–Kier alpha value is -1.44. The van der Waals surface area contributed by atoms with Gasteiger partial charge in [0, 0.05) is 28.6 Å². The number of halogens is 1. The number of benzene rings is 1. The summed E-state index contributed by atoms with van der Waals surface area (Å²) in [6.45, 7) is 2.32. The third-order valence-corrected chi connectivity index (χ3v) is 6.92. The quantitative estimate of drug-likeness (QED) is 0.812. The second-order valence-electron chi connectivity index (χ2n) is 5.70. The molecule has 1 aromatic carbocycles. The lowest BCUT2D eigenvalue weighted by molar-refractivity contribution is 0.0703. The summed E-state index contributed by atoms with van der Waals surface area (Å²) in [5.41, 5.74) is 1.21. The number of hydrogen-bond donors (Lipinski definition) is 0. The third kappa shape index (κ3) is 3.63. The van der Waals surface area contributed by atoms with Gasteiger partial charge in [-0.1, -0.05) is 23.7 Å². The Morgan fingerprint density at radius 1 is 1.46 bits per heavy atom. The van der Waals surface area contributed by atoms with Crippen LogP contribution in [0.4, 0.5) is 0 Å². The van der Waals surface area contributed by atoms with Crippen molar-refractivity contribution in [2.24, 2.45) is 0 Å². The van der Waals surface area contributed by atoms with Crippen LogP contribution in [0.1, 0.15) is 23.8 Å². The standard InChI is InChI=1S/C16H17ClN2O3S2/c1-2-19(13-6-7-24(21,22)10-13)16(20)14-9-23-15(18-14)11-4-3-5-12(17)8-11/h3-5,8-9,13H,2,6-7,10H2,1H3. The molecule has 1 amide bonds. The maximum absolute atomic E-state index is 12.7. The van der Waals surface area contributed by atoms with Gasteiger partial charge in [0.25, 0.3) is 5.91 Å². The molecular weight excluding hydrogens is 368 g/mol. The van der Waals surface area contributed by atoms with Gasteiger partial charge in [0.1, 0.15) is 10.7 Å². The molecule has 1 atom stereocenters. The lowest BCUT2D eigenvalue weighted by Crippen LogP contribution is -2.41. The smallest absolute Gasteiger partial charge is 0.273 e. The number of sulfone groups is 1. The van der Waals surface area contributed by atoms with Crippen molar-refractivity contribution >= 4 is 38.7 Å². The third-order valence-electron chi connectivity index (χ3n) is 4.05. The maximum Gasteiger partial charge on any atom is 0.273 e. The van der Waals surface area contributed by atoms with Crippen LogP contribution >= 0.6 is 22.9 Å². The molecule has 5 nitrogen and oxygen atoms in total. The highest BCUT2D eigenvalue weighted by Gasteiger charge is 2.34. The largest absolute Gasteiger partial charge is 0.334 e. The van der Waals surface area contributed by atoms with E-state index in [0.29, 0.717) is 23.7 Å². The predicted octanol–water partition coefficient (Wildman–Crippen LogP) is 3.11. The van der Waals surface area contributed by atoms with Crippen molar-refractivity contribution in [1.82, 2.24) is 9.88 Å². The summed E-state index contributed by atoms with van der Waals surface area (Å²) in [5.74, 6) is -0.0337. The number of thiazole rings is 1. The molecule has 1 saturated heterocycles. The molecule has 8 heteroatoms. The molecule has 1 unspecified atom stereocenters. The van der Waals surface area contributed by atoms with Crippen molar-refractivity contribution < 1.29 is 13.2 Å². The first-order valence-electron chi connectivity index (χ1n) is 7.62. The molecule has 128 valence electrons. The Morgan fingerprint density at radius 2 is 2.25 bits per heavy atom. The van der Waals surface area contributed by atoms with E-state index in [4.69, 9.17) is 11.6 Å². The van der Waals surface area contributed by atoms with E-state index in [9.17, 15) is 13.2 Å². The summed E-state index contributed by atoms with van der Waals surface area (Å²) >= 11 is 7.37. The van der Waals surface area contributed by atoms with Crippen molar-refractivity contribution in [2.45, 2.75) is 19.4 Å². The minimum Gasteiger partial charge on any atom is -0.334 e. The molecule has 0 saturated carbocycles. The number of carbonyl (C=O) groups excluding carboxylic acids is 1. The first kappa shape index (κ1) is 17.4. The monoisotopic (exact) mass is 384 g/mol. The SMILES string of the molecule is CCN(C(=O)c1csc(-c2cccc(Cl)c2)n1)C1CCS(=O)(=O)C1. The molecule has 3 rings (SSSR count). The molecule has 0 aliphatic carbocycles. The van der Waals surface area contributed by atoms with E-state index in [1.807, 2.05) is 19.1 Å². The lowest BCUT2D eigenvalue weighted by atomic mass is 10.2. The fourth-order valence-electron chi connectivity index (χ4n) is 2.86. The number of amides is 1. The molecule has 1 aliphatic heterocycles. The minimum absolute atomic E-state index is 0.0396. The van der Waals surface area contributed by atoms with Crippen molar-refractivity contribution in [3.05, 3.63) is 40.4 Å². The normalized spacial score (nSPS) is 19.3. The van der Waals surface area contributed by atoms with Crippen LogP contribution in [0.15, 0.2) is 29.6 Å². The number of hydrogen-bond acceptors (Lipinski definition) is 5. The van der Waals surface area contributed by atoms with Crippen LogP contribution in [0.5, 0.6) is 0 Å². The van der Waals surface area contributed by atoms with Crippen LogP contribution in [0.2, 0.25) is 5.02 Å². The molecule has 1 aliphatic rings. The number of nitrogens with zero attached hydrogens (tertiary/aromatic N) is 2. The van der Waals surface area contributed by atoms with E-state index >= 15 is 0 Å². The number of rotatable bonds is 4. The average molecular weight is 385 g/mol. The van der Waals surface area contributed by atoms with Gasteiger partial charge in [-0.3, -0.25) is 4.79 Å². The Bertz CT molecular complexity index is 864. The van der Waals surface area contributed by atoms with Gasteiger partial charge in [-0.05, 0) is 25.5 Å². The van der Waals surface area contributed by atoms with E-state index in [-0.39, 0.29) is 23.5 Å². The van der Waals surface area contributed by atoms with E-state index in [1.165, 1.54) is 11.3 Å². The highest BCUT2D eigenvalue weighted by molar-refractivity contribution is 7.91. The van der Waals surface area contributed by atoms with Gasteiger partial charge in [-0.2, -0.15) is 0 Å². The minimum atomic E-state index is -3.04. The summed E-state index contributed by atoms with van der Waals surface area (Å²) in [6, 6.07) is 7.05. The summed E-state index contributed by atoms with van der Waals surface area (Å²) in [7, 11) is -3.04. The first-order chi connectivity index (χ1) is 11.4. The maximum atomic E-state index is 12.7. The van der Waals surface area contributed by atoms with Crippen LogP contribution in [0.3, 0.4) is 0 Å². The van der Waals surface area contributed by atoms with Gasteiger partial charge < -0.3 is 4.90 Å². The molecule has 0 N–H and O–H groups in total. The second kappa shape index (κ2) is 6.82. The summed E-state index contributed by atoms with van der Waals surface area (Å²) in [6.07, 6.45) is 0.493. The van der Waals surface area contributed by atoms with Crippen LogP contribution in [0, 0.1) is 0 Å². The number of carbonyl (C=O) groups is 1. The van der Waals surface area contributed by atoms with E-state index in [2.05, 4.69) is 4.98 Å². The van der Waals surface area contributed by atoms with Crippen molar-refractivity contribution in [3.63, 3.8) is 0 Å². The van der Waals surface area contributed by atoms with Crippen LogP contribution in [0.25, 0.3) is 10.6 Å². The first-order valence-corrected chi connectivity index (χ1v) is 10.7. The highest BCUT2D eigenvalue weighted by Crippen LogP contribution is 2.27. The fourth-order valence-corrected chi connectivity index (χ4v) is 5.57. The van der Waals surface area contributed by atoms with Gasteiger partial charge in [-0.25, -0.2) is 13.4 Å². The summed E-state index contributed by atoms with van der Waals surface area (Å²) < 4.78 is 23.4. The molecule has 0 spiro atoms. The predicted molar refractivity (Wildman–Crippen MR) is 96.3 cm³/mol. The van der Waals surface area contributed by atoms with Crippen molar-refractivity contribution in [3.8, 4) is 10.6 Å². The fraction of sp³-hybridized carbons (Fsp3) is 0.375. The van der Waals surface area contributed by atoms with Crippen LogP contribution < -0.4 is 0 Å². The Kier molecular flexibility index (Phi) is 4.94. The molecule has 1 aromatic heterocycles. The van der Waals surface area contributed by atoms with Crippen molar-refractivity contribution in [1.29, 1.82) is 0 Å². The van der Waals surface area contributed by atoms with E-state index < -0.39 is 9.84 Å². The zero-order chi connectivity index (χ0) is 17.3. The van der Waals surface area contributed by atoms with Gasteiger partial charge in [-0.15, -0.1) is 11.3 Å². The summed E-state index contributed by atoms with van der Waals surface area (Å²) in [4.78, 5) is 18.8. The van der Waals surface area contributed by atoms with Gasteiger partial charge in [0.2, 0.25) is 0 Å².